The molecule has 1 aromatic rings. The Balaban J connectivity index is 1.87. The predicted molar refractivity (Wildman–Crippen MR) is 80.3 cm³/mol. The van der Waals surface area contributed by atoms with Crippen LogP contribution >= 0.6 is 11.3 Å². The predicted octanol–water partition coefficient (Wildman–Crippen LogP) is 3.19. The van der Waals surface area contributed by atoms with Crippen LogP contribution in [0.25, 0.3) is 0 Å². The molecule has 1 heterocycles. The highest BCUT2D eigenvalue weighted by Gasteiger charge is 2.26. The molecule has 0 amide bonds. The Morgan fingerprint density at radius 1 is 1.33 bits per heavy atom. The van der Waals surface area contributed by atoms with Crippen molar-refractivity contribution in [3.05, 3.63) is 21.9 Å². The first-order valence-corrected chi connectivity index (χ1v) is 7.90. The molecular weight excluding hydrogens is 240 g/mol. The molecule has 3 heteroatoms. The Hall–Kier alpha value is -0.380. The number of rotatable bonds is 4. The lowest BCUT2D eigenvalue weighted by atomic mass is 9.87. The monoisotopic (exact) mass is 266 g/mol. The summed E-state index contributed by atoms with van der Waals surface area (Å²) in [5.74, 6) is 0. The summed E-state index contributed by atoms with van der Waals surface area (Å²) in [6.07, 6.45) is 4.83. The van der Waals surface area contributed by atoms with Gasteiger partial charge in [-0.15, -0.1) is 11.3 Å². The van der Waals surface area contributed by atoms with Crippen molar-refractivity contribution in [3.63, 3.8) is 0 Å². The second-order valence-electron chi connectivity index (χ2n) is 6.31. The molecule has 1 saturated carbocycles. The van der Waals surface area contributed by atoms with E-state index in [0.29, 0.717) is 12.1 Å². The maximum absolute atomic E-state index is 5.95. The summed E-state index contributed by atoms with van der Waals surface area (Å²) < 4.78 is 0. The molecule has 2 rings (SSSR count). The fourth-order valence-corrected chi connectivity index (χ4v) is 3.92. The molecule has 1 aromatic heterocycles. The van der Waals surface area contributed by atoms with Gasteiger partial charge >= 0.3 is 0 Å². The van der Waals surface area contributed by atoms with Gasteiger partial charge in [-0.3, -0.25) is 0 Å². The summed E-state index contributed by atoms with van der Waals surface area (Å²) in [7, 11) is 0. The van der Waals surface area contributed by atoms with Crippen LogP contribution < -0.4 is 11.1 Å². The zero-order chi connectivity index (χ0) is 13.2. The van der Waals surface area contributed by atoms with E-state index in [1.807, 2.05) is 11.3 Å². The standard InChI is InChI=1S/C15H26N2S/c1-11-8-9-18-14(11)15(2,3)10-17-13-6-4-12(16)5-7-13/h8-9,12-13,17H,4-7,10,16H2,1-3H3. The van der Waals surface area contributed by atoms with Crippen LogP contribution in [0.4, 0.5) is 0 Å². The zero-order valence-corrected chi connectivity index (χ0v) is 12.6. The lowest BCUT2D eigenvalue weighted by Gasteiger charge is -2.31. The summed E-state index contributed by atoms with van der Waals surface area (Å²) in [6.45, 7) is 7.96. The van der Waals surface area contributed by atoms with Crippen molar-refractivity contribution >= 4 is 11.3 Å². The van der Waals surface area contributed by atoms with Crippen molar-refractivity contribution in [2.75, 3.05) is 6.54 Å². The van der Waals surface area contributed by atoms with Crippen molar-refractivity contribution in [1.29, 1.82) is 0 Å². The molecule has 18 heavy (non-hydrogen) atoms. The number of aryl methyl sites for hydroxylation is 1. The average Bonchev–Trinajstić information content (AvgIpc) is 2.76. The van der Waals surface area contributed by atoms with E-state index in [4.69, 9.17) is 5.73 Å². The SMILES string of the molecule is Cc1ccsc1C(C)(C)CNC1CCC(N)CC1. The lowest BCUT2D eigenvalue weighted by Crippen LogP contribution is -2.42. The molecule has 1 aliphatic rings. The molecule has 0 spiro atoms. The number of nitrogens with two attached hydrogens (primary N) is 1. The highest BCUT2D eigenvalue weighted by atomic mass is 32.1. The third kappa shape index (κ3) is 3.34. The first-order chi connectivity index (χ1) is 8.49. The molecule has 0 saturated heterocycles. The summed E-state index contributed by atoms with van der Waals surface area (Å²) in [4.78, 5) is 1.52. The van der Waals surface area contributed by atoms with E-state index in [1.54, 1.807) is 0 Å². The minimum Gasteiger partial charge on any atom is -0.328 e. The topological polar surface area (TPSA) is 38.0 Å². The molecule has 2 nitrogen and oxygen atoms in total. The van der Waals surface area contributed by atoms with E-state index in [2.05, 4.69) is 37.5 Å². The van der Waals surface area contributed by atoms with E-state index in [-0.39, 0.29) is 5.41 Å². The van der Waals surface area contributed by atoms with E-state index >= 15 is 0 Å². The second-order valence-corrected chi connectivity index (χ2v) is 7.23. The van der Waals surface area contributed by atoms with Gasteiger partial charge in [0, 0.05) is 28.9 Å². The smallest absolute Gasteiger partial charge is 0.0143 e. The zero-order valence-electron chi connectivity index (χ0n) is 11.8. The van der Waals surface area contributed by atoms with Crippen molar-refractivity contribution in [3.8, 4) is 0 Å². The molecule has 3 N–H and O–H groups in total. The molecule has 0 atom stereocenters. The summed E-state index contributed by atoms with van der Waals surface area (Å²) in [6, 6.07) is 3.33. The first-order valence-electron chi connectivity index (χ1n) is 7.02. The van der Waals surface area contributed by atoms with E-state index in [9.17, 15) is 0 Å². The van der Waals surface area contributed by atoms with Crippen LogP contribution in [0.15, 0.2) is 11.4 Å². The van der Waals surface area contributed by atoms with Crippen LogP contribution in [0.3, 0.4) is 0 Å². The Morgan fingerprint density at radius 2 is 2.00 bits per heavy atom. The normalized spacial score (nSPS) is 25.3. The molecule has 0 aromatic carbocycles. The molecule has 0 bridgehead atoms. The van der Waals surface area contributed by atoms with Crippen molar-refractivity contribution in [2.24, 2.45) is 5.73 Å². The lowest BCUT2D eigenvalue weighted by molar-refractivity contribution is 0.321. The van der Waals surface area contributed by atoms with Crippen molar-refractivity contribution < 1.29 is 0 Å². The van der Waals surface area contributed by atoms with Crippen LogP contribution in [-0.2, 0) is 5.41 Å². The van der Waals surface area contributed by atoms with Crippen molar-refractivity contribution in [1.82, 2.24) is 5.32 Å². The third-order valence-electron chi connectivity index (χ3n) is 4.08. The molecular formula is C15H26N2S. The Morgan fingerprint density at radius 3 is 2.56 bits per heavy atom. The largest absolute Gasteiger partial charge is 0.328 e. The van der Waals surface area contributed by atoms with Crippen LogP contribution in [-0.4, -0.2) is 18.6 Å². The first kappa shape index (κ1) is 14.0. The van der Waals surface area contributed by atoms with Gasteiger partial charge in [-0.1, -0.05) is 13.8 Å². The maximum Gasteiger partial charge on any atom is 0.0143 e. The summed E-state index contributed by atoms with van der Waals surface area (Å²) >= 11 is 1.88. The molecule has 1 fully saturated rings. The minimum absolute atomic E-state index is 0.234. The van der Waals surface area contributed by atoms with Gasteiger partial charge in [0.25, 0.3) is 0 Å². The van der Waals surface area contributed by atoms with Gasteiger partial charge in [-0.2, -0.15) is 0 Å². The molecule has 0 aliphatic heterocycles. The summed E-state index contributed by atoms with van der Waals surface area (Å²) in [5.41, 5.74) is 7.61. The van der Waals surface area contributed by atoms with Crippen LogP contribution in [0.5, 0.6) is 0 Å². The second kappa shape index (κ2) is 5.72. The Kier molecular flexibility index (Phi) is 4.46. The van der Waals surface area contributed by atoms with Gasteiger partial charge in [0.15, 0.2) is 0 Å². The number of thiophene rings is 1. The highest BCUT2D eigenvalue weighted by molar-refractivity contribution is 7.10. The Labute approximate surface area is 115 Å². The van der Waals surface area contributed by atoms with Gasteiger partial charge < -0.3 is 11.1 Å². The molecule has 0 radical (unpaired) electrons. The average molecular weight is 266 g/mol. The van der Waals surface area contributed by atoms with Gasteiger partial charge in [0.2, 0.25) is 0 Å². The van der Waals surface area contributed by atoms with Crippen LogP contribution in [0.1, 0.15) is 50.0 Å². The van der Waals surface area contributed by atoms with Gasteiger partial charge in [0.1, 0.15) is 0 Å². The fraction of sp³-hybridized carbons (Fsp3) is 0.733. The van der Waals surface area contributed by atoms with Crippen LogP contribution in [0, 0.1) is 6.92 Å². The van der Waals surface area contributed by atoms with E-state index < -0.39 is 0 Å². The fourth-order valence-electron chi connectivity index (χ4n) is 2.87. The summed E-state index contributed by atoms with van der Waals surface area (Å²) in [5, 5.41) is 5.95. The highest BCUT2D eigenvalue weighted by Crippen LogP contribution is 2.31. The van der Waals surface area contributed by atoms with Gasteiger partial charge in [-0.25, -0.2) is 0 Å². The van der Waals surface area contributed by atoms with Crippen LogP contribution in [0.2, 0.25) is 0 Å². The number of hydrogen-bond donors (Lipinski definition) is 2. The van der Waals surface area contributed by atoms with Gasteiger partial charge in [0.05, 0.1) is 0 Å². The quantitative estimate of drug-likeness (QED) is 0.878. The maximum atomic E-state index is 5.95. The molecule has 1 aliphatic carbocycles. The Bertz CT molecular complexity index is 376. The molecule has 0 unspecified atom stereocenters. The van der Waals surface area contributed by atoms with Crippen molar-refractivity contribution in [2.45, 2.75) is 64.0 Å². The third-order valence-corrected chi connectivity index (χ3v) is 5.46. The minimum atomic E-state index is 0.234. The van der Waals surface area contributed by atoms with E-state index in [1.165, 1.54) is 36.1 Å². The van der Waals surface area contributed by atoms with E-state index in [0.717, 1.165) is 6.54 Å². The molecule has 102 valence electrons. The number of hydrogen-bond acceptors (Lipinski definition) is 3. The van der Waals surface area contributed by atoms with Gasteiger partial charge in [-0.05, 0) is 49.6 Å². The number of nitrogens with one attached hydrogen (secondary N) is 1.